The molecule has 1 N–H and O–H groups in total. The smallest absolute Gasteiger partial charge is 0.243 e. The van der Waals surface area contributed by atoms with Gasteiger partial charge in [0.25, 0.3) is 0 Å². The Morgan fingerprint density at radius 2 is 1.67 bits per heavy atom. The van der Waals surface area contributed by atoms with Gasteiger partial charge in [0, 0.05) is 38.8 Å². The lowest BCUT2D eigenvalue weighted by molar-refractivity contribution is 0.152. The van der Waals surface area contributed by atoms with Gasteiger partial charge in [0.2, 0.25) is 10.0 Å². The van der Waals surface area contributed by atoms with Gasteiger partial charge in [0.1, 0.15) is 13.2 Å². The summed E-state index contributed by atoms with van der Waals surface area (Å²) < 4.78 is 38.5. The van der Waals surface area contributed by atoms with Gasteiger partial charge in [-0.1, -0.05) is 0 Å². The van der Waals surface area contributed by atoms with Crippen molar-refractivity contribution < 1.29 is 17.9 Å². The third-order valence-corrected chi connectivity index (χ3v) is 7.35. The number of piperidine rings is 1. The van der Waals surface area contributed by atoms with E-state index in [4.69, 9.17) is 9.47 Å². The Hall–Kier alpha value is -1.06. The highest BCUT2D eigenvalue weighted by Crippen LogP contribution is 2.33. The lowest BCUT2D eigenvalue weighted by Gasteiger charge is -2.36. The Balaban J connectivity index is 0.00000210. The molecule has 9 heteroatoms. The van der Waals surface area contributed by atoms with E-state index < -0.39 is 10.0 Å². The lowest BCUT2D eigenvalue weighted by Crippen LogP contribution is -2.50. The van der Waals surface area contributed by atoms with Crippen molar-refractivity contribution in [1.82, 2.24) is 14.5 Å². The van der Waals surface area contributed by atoms with Gasteiger partial charge in [0.05, 0.1) is 4.90 Å². The van der Waals surface area contributed by atoms with E-state index >= 15 is 0 Å². The topological polar surface area (TPSA) is 71.1 Å². The highest BCUT2D eigenvalue weighted by molar-refractivity contribution is 7.89. The van der Waals surface area contributed by atoms with Crippen LogP contribution in [0.1, 0.15) is 12.8 Å². The average molecular weight is 418 g/mol. The Morgan fingerprint density at radius 3 is 2.37 bits per heavy atom. The number of benzene rings is 1. The molecule has 0 unspecified atom stereocenters. The molecule has 0 bridgehead atoms. The van der Waals surface area contributed by atoms with Gasteiger partial charge in [-0.15, -0.1) is 12.4 Å². The van der Waals surface area contributed by atoms with Crippen LogP contribution >= 0.6 is 12.4 Å². The van der Waals surface area contributed by atoms with E-state index in [1.165, 1.54) is 12.8 Å². The van der Waals surface area contributed by atoms with Crippen molar-refractivity contribution in [2.45, 2.75) is 17.7 Å². The lowest BCUT2D eigenvalue weighted by atomic mass is 9.97. The number of hydrogen-bond acceptors (Lipinski definition) is 6. The van der Waals surface area contributed by atoms with Crippen molar-refractivity contribution >= 4 is 22.4 Å². The quantitative estimate of drug-likeness (QED) is 0.793. The third kappa shape index (κ3) is 4.68. The molecule has 0 spiro atoms. The van der Waals surface area contributed by atoms with Crippen LogP contribution in [0.3, 0.4) is 0 Å². The molecule has 0 saturated carbocycles. The van der Waals surface area contributed by atoms with Crippen LogP contribution in [0.25, 0.3) is 0 Å². The van der Waals surface area contributed by atoms with Gasteiger partial charge in [-0.3, -0.25) is 0 Å². The fourth-order valence-corrected chi connectivity index (χ4v) is 5.35. The van der Waals surface area contributed by atoms with Crippen LogP contribution in [0.5, 0.6) is 11.5 Å². The Labute approximate surface area is 167 Å². The molecule has 0 radical (unpaired) electrons. The number of hydrogen-bond donors (Lipinski definition) is 1. The second kappa shape index (κ2) is 8.96. The largest absolute Gasteiger partial charge is 0.486 e. The van der Waals surface area contributed by atoms with Gasteiger partial charge < -0.3 is 19.7 Å². The molecule has 2 fully saturated rings. The molecule has 3 aliphatic rings. The summed E-state index contributed by atoms with van der Waals surface area (Å²) >= 11 is 0. The van der Waals surface area contributed by atoms with Crippen LogP contribution in [0, 0.1) is 5.92 Å². The summed E-state index contributed by atoms with van der Waals surface area (Å²) in [4.78, 5) is 2.69. The summed E-state index contributed by atoms with van der Waals surface area (Å²) in [6.45, 7) is 6.92. The van der Waals surface area contributed by atoms with Crippen molar-refractivity contribution in [3.8, 4) is 11.5 Å². The number of fused-ring (bicyclic) bond motifs is 1. The minimum absolute atomic E-state index is 0. The minimum Gasteiger partial charge on any atom is -0.486 e. The highest BCUT2D eigenvalue weighted by atomic mass is 35.5. The van der Waals surface area contributed by atoms with E-state index in [9.17, 15) is 8.42 Å². The molecule has 27 heavy (non-hydrogen) atoms. The molecule has 0 atom stereocenters. The molecule has 0 aromatic heterocycles. The van der Waals surface area contributed by atoms with E-state index in [2.05, 4.69) is 10.2 Å². The first-order chi connectivity index (χ1) is 12.6. The predicted octanol–water partition coefficient (Wildman–Crippen LogP) is 1.19. The summed E-state index contributed by atoms with van der Waals surface area (Å²) in [5.74, 6) is 1.86. The molecular weight excluding hydrogens is 390 g/mol. The minimum atomic E-state index is -3.49. The first-order valence-electron chi connectivity index (χ1n) is 9.46. The van der Waals surface area contributed by atoms with Crippen LogP contribution in [-0.4, -0.2) is 76.6 Å². The predicted molar refractivity (Wildman–Crippen MR) is 105 cm³/mol. The summed E-state index contributed by atoms with van der Waals surface area (Å²) in [5.41, 5.74) is 0. The molecule has 0 amide bonds. The molecule has 7 nitrogen and oxygen atoms in total. The average Bonchev–Trinajstić information content (AvgIpc) is 2.69. The van der Waals surface area contributed by atoms with Crippen LogP contribution in [-0.2, 0) is 10.0 Å². The molecule has 3 aliphatic heterocycles. The number of piperazine rings is 1. The first kappa shape index (κ1) is 20.7. The van der Waals surface area contributed by atoms with Crippen molar-refractivity contribution in [2.24, 2.45) is 5.92 Å². The molecule has 2 saturated heterocycles. The van der Waals surface area contributed by atoms with Crippen molar-refractivity contribution in [1.29, 1.82) is 0 Å². The van der Waals surface area contributed by atoms with Crippen molar-refractivity contribution in [3.63, 3.8) is 0 Å². The van der Waals surface area contributed by atoms with Gasteiger partial charge in [-0.2, -0.15) is 4.31 Å². The fourth-order valence-electron chi connectivity index (χ4n) is 3.92. The van der Waals surface area contributed by atoms with E-state index in [-0.39, 0.29) is 17.3 Å². The summed E-state index contributed by atoms with van der Waals surface area (Å²) in [7, 11) is -3.49. The monoisotopic (exact) mass is 417 g/mol. The Bertz CT molecular complexity index is 732. The maximum absolute atomic E-state index is 13.0. The van der Waals surface area contributed by atoms with Crippen LogP contribution in [0.4, 0.5) is 0 Å². The third-order valence-electron chi connectivity index (χ3n) is 5.46. The first-order valence-corrected chi connectivity index (χ1v) is 10.9. The van der Waals surface area contributed by atoms with Crippen LogP contribution < -0.4 is 14.8 Å². The maximum Gasteiger partial charge on any atom is 0.243 e. The number of rotatable bonds is 4. The second-order valence-corrected chi connectivity index (χ2v) is 9.14. The molecule has 1 aromatic rings. The molecule has 152 valence electrons. The zero-order valence-electron chi connectivity index (χ0n) is 15.4. The summed E-state index contributed by atoms with van der Waals surface area (Å²) in [6, 6.07) is 4.89. The number of nitrogens with one attached hydrogen (secondary N) is 1. The molecular formula is C18H28ClN3O4S. The van der Waals surface area contributed by atoms with Gasteiger partial charge in [0.15, 0.2) is 11.5 Å². The van der Waals surface area contributed by atoms with Gasteiger partial charge in [-0.05, 0) is 44.0 Å². The van der Waals surface area contributed by atoms with E-state index in [0.717, 1.165) is 38.6 Å². The molecule has 0 aliphatic carbocycles. The maximum atomic E-state index is 13.0. The standard InChI is InChI=1S/C18H27N3O4S.ClH/c22-26(23,16-1-2-17-18(13-16)25-12-11-24-17)21-9-7-20(8-10-21)14-15-3-5-19-6-4-15;/h1-2,13,15,19H,3-12,14H2;1H. The molecule has 4 rings (SSSR count). The fraction of sp³-hybridized carbons (Fsp3) is 0.667. The van der Waals surface area contributed by atoms with Crippen molar-refractivity contribution in [3.05, 3.63) is 18.2 Å². The molecule has 3 heterocycles. The van der Waals surface area contributed by atoms with Crippen LogP contribution in [0.2, 0.25) is 0 Å². The summed E-state index contributed by atoms with van der Waals surface area (Å²) in [6.07, 6.45) is 2.44. The van der Waals surface area contributed by atoms with E-state index in [1.54, 1.807) is 22.5 Å². The number of ether oxygens (including phenoxy) is 2. The van der Waals surface area contributed by atoms with Crippen LogP contribution in [0.15, 0.2) is 23.1 Å². The highest BCUT2D eigenvalue weighted by Gasteiger charge is 2.30. The number of sulfonamides is 1. The van der Waals surface area contributed by atoms with Crippen molar-refractivity contribution in [2.75, 3.05) is 59.0 Å². The SMILES string of the molecule is Cl.O=S(=O)(c1ccc2c(c1)OCCO2)N1CCN(CC2CCNCC2)CC1. The number of halogens is 1. The zero-order valence-corrected chi connectivity index (χ0v) is 17.1. The van der Waals surface area contributed by atoms with Gasteiger partial charge in [-0.25, -0.2) is 8.42 Å². The van der Waals surface area contributed by atoms with E-state index in [0.29, 0.717) is 37.8 Å². The Morgan fingerprint density at radius 1 is 1.00 bits per heavy atom. The summed E-state index contributed by atoms with van der Waals surface area (Å²) in [5, 5.41) is 3.39. The second-order valence-electron chi connectivity index (χ2n) is 7.20. The Kier molecular flexibility index (Phi) is 6.86. The molecule has 1 aromatic carbocycles. The van der Waals surface area contributed by atoms with E-state index in [1.807, 2.05) is 0 Å². The van der Waals surface area contributed by atoms with Gasteiger partial charge >= 0.3 is 0 Å². The normalized spacial score (nSPS) is 22.2. The number of nitrogens with zero attached hydrogens (tertiary/aromatic N) is 2. The zero-order chi connectivity index (χ0) is 18.0.